The van der Waals surface area contributed by atoms with E-state index in [0.29, 0.717) is 5.56 Å². The van der Waals surface area contributed by atoms with Crippen LogP contribution in [0.15, 0.2) is 24.3 Å². The van der Waals surface area contributed by atoms with Gasteiger partial charge in [-0.2, -0.15) is 0 Å². The molecule has 0 aliphatic heterocycles. The molecule has 1 aromatic carbocycles. The van der Waals surface area contributed by atoms with E-state index in [1.165, 1.54) is 5.56 Å². The average molecular weight is 220 g/mol. The lowest BCUT2D eigenvalue weighted by atomic mass is 9.87. The number of ether oxygens (including phenoxy) is 1. The van der Waals surface area contributed by atoms with E-state index < -0.39 is 0 Å². The fourth-order valence-electron chi connectivity index (χ4n) is 1.39. The lowest BCUT2D eigenvalue weighted by molar-refractivity contribution is 0.0378. The zero-order valence-corrected chi connectivity index (χ0v) is 10.7. The van der Waals surface area contributed by atoms with Gasteiger partial charge in [-0.25, -0.2) is 4.79 Å². The van der Waals surface area contributed by atoms with Gasteiger partial charge in [-0.3, -0.25) is 0 Å². The molecule has 0 amide bonds. The van der Waals surface area contributed by atoms with E-state index in [2.05, 4.69) is 20.8 Å². The molecule has 2 nitrogen and oxygen atoms in total. The van der Waals surface area contributed by atoms with Crippen molar-refractivity contribution in [3.05, 3.63) is 35.4 Å². The van der Waals surface area contributed by atoms with Crippen LogP contribution < -0.4 is 0 Å². The minimum atomic E-state index is -0.254. The van der Waals surface area contributed by atoms with Gasteiger partial charge in [0.25, 0.3) is 0 Å². The van der Waals surface area contributed by atoms with Crippen LogP contribution in [0, 0.1) is 0 Å². The highest BCUT2D eigenvalue weighted by Gasteiger charge is 2.15. The maximum atomic E-state index is 11.6. The van der Waals surface area contributed by atoms with E-state index in [-0.39, 0.29) is 17.5 Å². The van der Waals surface area contributed by atoms with E-state index in [0.717, 1.165) is 0 Å². The van der Waals surface area contributed by atoms with Gasteiger partial charge in [0.1, 0.15) is 0 Å². The van der Waals surface area contributed by atoms with Crippen LogP contribution in [0.25, 0.3) is 0 Å². The molecule has 0 aliphatic carbocycles. The summed E-state index contributed by atoms with van der Waals surface area (Å²) in [6.45, 7) is 10.1. The second-order valence-electron chi connectivity index (χ2n) is 5.28. The quantitative estimate of drug-likeness (QED) is 0.712. The van der Waals surface area contributed by atoms with Gasteiger partial charge in [0.15, 0.2) is 0 Å². The van der Waals surface area contributed by atoms with Crippen LogP contribution >= 0.6 is 0 Å². The molecular formula is C14H20O2. The Morgan fingerprint density at radius 3 is 2.00 bits per heavy atom. The first-order valence-corrected chi connectivity index (χ1v) is 5.62. The molecule has 2 heteroatoms. The third-order valence-electron chi connectivity index (χ3n) is 2.33. The van der Waals surface area contributed by atoms with Crippen molar-refractivity contribution in [1.29, 1.82) is 0 Å². The molecule has 0 radical (unpaired) electrons. The van der Waals surface area contributed by atoms with Crippen LogP contribution in [-0.2, 0) is 10.2 Å². The molecule has 88 valence electrons. The van der Waals surface area contributed by atoms with Crippen LogP contribution in [0.1, 0.15) is 50.5 Å². The second-order valence-corrected chi connectivity index (χ2v) is 5.28. The van der Waals surface area contributed by atoms with Gasteiger partial charge in [-0.05, 0) is 37.0 Å². The standard InChI is InChI=1S/C14H20O2/c1-10(2)16-13(15)11-6-8-12(9-7-11)14(3,4)5/h6-10H,1-5H3. The summed E-state index contributed by atoms with van der Waals surface area (Å²) in [6.07, 6.45) is -0.0743. The summed E-state index contributed by atoms with van der Waals surface area (Å²) in [5, 5.41) is 0. The van der Waals surface area contributed by atoms with Crippen molar-refractivity contribution in [2.45, 2.75) is 46.1 Å². The van der Waals surface area contributed by atoms with Gasteiger partial charge in [0, 0.05) is 0 Å². The zero-order chi connectivity index (χ0) is 12.3. The third kappa shape index (κ3) is 3.37. The van der Waals surface area contributed by atoms with Crippen LogP contribution in [0.2, 0.25) is 0 Å². The predicted octanol–water partition coefficient (Wildman–Crippen LogP) is 3.55. The smallest absolute Gasteiger partial charge is 0.338 e. The van der Waals surface area contributed by atoms with E-state index >= 15 is 0 Å². The van der Waals surface area contributed by atoms with Crippen molar-refractivity contribution >= 4 is 5.97 Å². The number of hydrogen-bond donors (Lipinski definition) is 0. The van der Waals surface area contributed by atoms with Gasteiger partial charge >= 0.3 is 5.97 Å². The SMILES string of the molecule is CC(C)OC(=O)c1ccc(C(C)(C)C)cc1. The molecule has 1 rings (SSSR count). The number of carbonyl (C=O) groups is 1. The van der Waals surface area contributed by atoms with Crippen LogP contribution in [0.5, 0.6) is 0 Å². The van der Waals surface area contributed by atoms with Gasteiger partial charge in [0.2, 0.25) is 0 Å². The second kappa shape index (κ2) is 4.69. The highest BCUT2D eigenvalue weighted by molar-refractivity contribution is 5.89. The molecule has 0 unspecified atom stereocenters. The average Bonchev–Trinajstić information content (AvgIpc) is 2.15. The van der Waals surface area contributed by atoms with Crippen molar-refractivity contribution in [3.63, 3.8) is 0 Å². The predicted molar refractivity (Wildman–Crippen MR) is 65.7 cm³/mol. The third-order valence-corrected chi connectivity index (χ3v) is 2.33. The minimum Gasteiger partial charge on any atom is -0.459 e. The summed E-state index contributed by atoms with van der Waals surface area (Å²) in [4.78, 5) is 11.6. The maximum Gasteiger partial charge on any atom is 0.338 e. The number of hydrogen-bond acceptors (Lipinski definition) is 2. The van der Waals surface area contributed by atoms with E-state index in [4.69, 9.17) is 4.74 Å². The Bertz CT molecular complexity index is 355. The van der Waals surface area contributed by atoms with Gasteiger partial charge in [-0.15, -0.1) is 0 Å². The van der Waals surface area contributed by atoms with E-state index in [1.54, 1.807) is 0 Å². The maximum absolute atomic E-state index is 11.6. The Balaban J connectivity index is 2.83. The Morgan fingerprint density at radius 1 is 1.12 bits per heavy atom. The van der Waals surface area contributed by atoms with E-state index in [1.807, 2.05) is 38.1 Å². The molecule has 0 heterocycles. The number of esters is 1. The van der Waals surface area contributed by atoms with Crippen LogP contribution in [-0.4, -0.2) is 12.1 Å². The first-order chi connectivity index (χ1) is 7.30. The molecule has 0 spiro atoms. The summed E-state index contributed by atoms with van der Waals surface area (Å²) in [7, 11) is 0. The molecule has 0 bridgehead atoms. The summed E-state index contributed by atoms with van der Waals surface area (Å²) in [6, 6.07) is 7.62. The van der Waals surface area contributed by atoms with Crippen LogP contribution in [0.3, 0.4) is 0 Å². The highest BCUT2D eigenvalue weighted by Crippen LogP contribution is 2.22. The molecule has 16 heavy (non-hydrogen) atoms. The molecule has 0 N–H and O–H groups in total. The van der Waals surface area contributed by atoms with Gasteiger partial charge in [-0.1, -0.05) is 32.9 Å². The van der Waals surface area contributed by atoms with Crippen molar-refractivity contribution in [2.24, 2.45) is 0 Å². The number of benzene rings is 1. The molecule has 0 saturated heterocycles. The summed E-state index contributed by atoms with van der Waals surface area (Å²) in [5.41, 5.74) is 1.94. The molecule has 0 atom stereocenters. The van der Waals surface area contributed by atoms with Gasteiger partial charge < -0.3 is 4.74 Å². The molecule has 0 aromatic heterocycles. The first kappa shape index (κ1) is 12.8. The minimum absolute atomic E-state index is 0.0743. The summed E-state index contributed by atoms with van der Waals surface area (Å²) in [5.74, 6) is -0.254. The van der Waals surface area contributed by atoms with Crippen LogP contribution in [0.4, 0.5) is 0 Å². The summed E-state index contributed by atoms with van der Waals surface area (Å²) < 4.78 is 5.12. The normalized spacial score (nSPS) is 11.6. The lowest BCUT2D eigenvalue weighted by Gasteiger charge is -2.19. The highest BCUT2D eigenvalue weighted by atomic mass is 16.5. The largest absolute Gasteiger partial charge is 0.459 e. The molecule has 0 fully saturated rings. The molecule has 0 saturated carbocycles. The summed E-state index contributed by atoms with van der Waals surface area (Å²) >= 11 is 0. The monoisotopic (exact) mass is 220 g/mol. The number of rotatable bonds is 2. The Morgan fingerprint density at radius 2 is 1.62 bits per heavy atom. The fourth-order valence-corrected chi connectivity index (χ4v) is 1.39. The molecule has 0 aliphatic rings. The van der Waals surface area contributed by atoms with Crippen molar-refractivity contribution < 1.29 is 9.53 Å². The first-order valence-electron chi connectivity index (χ1n) is 5.62. The topological polar surface area (TPSA) is 26.3 Å². The lowest BCUT2D eigenvalue weighted by Crippen LogP contribution is -2.13. The Kier molecular flexibility index (Phi) is 3.74. The van der Waals surface area contributed by atoms with E-state index in [9.17, 15) is 4.79 Å². The Hall–Kier alpha value is -1.31. The molecular weight excluding hydrogens is 200 g/mol. The number of carbonyl (C=O) groups excluding carboxylic acids is 1. The molecule has 1 aromatic rings. The zero-order valence-electron chi connectivity index (χ0n) is 10.7. The fraction of sp³-hybridized carbons (Fsp3) is 0.500. The Labute approximate surface area is 97.6 Å². The van der Waals surface area contributed by atoms with Crippen molar-refractivity contribution in [3.8, 4) is 0 Å². The van der Waals surface area contributed by atoms with Gasteiger partial charge in [0.05, 0.1) is 11.7 Å². The van der Waals surface area contributed by atoms with Crippen molar-refractivity contribution in [1.82, 2.24) is 0 Å². The van der Waals surface area contributed by atoms with Crippen molar-refractivity contribution in [2.75, 3.05) is 0 Å².